The Morgan fingerprint density at radius 3 is 2.46 bits per heavy atom. The number of halogens is 1. The van der Waals surface area contributed by atoms with E-state index in [0.717, 1.165) is 11.4 Å². The fraction of sp³-hybridized carbons (Fsp3) is 0.400. The van der Waals surface area contributed by atoms with Crippen LogP contribution in [0, 0.1) is 0 Å². The molecule has 0 amide bonds. The lowest BCUT2D eigenvalue weighted by molar-refractivity contribution is -0.935. The van der Waals surface area contributed by atoms with Crippen LogP contribution in [0.4, 0.5) is 0 Å². The van der Waals surface area contributed by atoms with Gasteiger partial charge in [-0.15, -0.1) is 0 Å². The van der Waals surface area contributed by atoms with E-state index in [4.69, 9.17) is 24.6 Å². The molecule has 0 spiro atoms. The van der Waals surface area contributed by atoms with Crippen LogP contribution < -0.4 is 4.90 Å². The molecule has 2 aliphatic heterocycles. The van der Waals surface area contributed by atoms with Gasteiger partial charge in [0.25, 0.3) is 0 Å². The van der Waals surface area contributed by atoms with Gasteiger partial charge in [-0.2, -0.15) is 0 Å². The average Bonchev–Trinajstić information content (AvgIpc) is 2.77. The minimum atomic E-state index is -3.92. The van der Waals surface area contributed by atoms with Gasteiger partial charge in [-0.1, -0.05) is 41.6 Å². The third-order valence-corrected chi connectivity index (χ3v) is 6.53. The van der Waals surface area contributed by atoms with E-state index in [0.29, 0.717) is 12.3 Å². The Hall–Kier alpha value is -1.09. The van der Waals surface area contributed by atoms with Crippen molar-refractivity contribution in [3.63, 3.8) is 0 Å². The Labute approximate surface area is 176 Å². The molecule has 2 aromatic rings. The number of likely N-dealkylation sites (N-methyl/N-ethyl adjacent to an activating group) is 1. The van der Waals surface area contributed by atoms with Gasteiger partial charge in [0.15, 0.2) is 0 Å². The molecule has 2 aromatic carbocycles. The van der Waals surface area contributed by atoms with Gasteiger partial charge in [0, 0.05) is 46.1 Å². The van der Waals surface area contributed by atoms with E-state index < -0.39 is 10.1 Å². The molecule has 5 nitrogen and oxygen atoms in total. The van der Waals surface area contributed by atoms with Crippen molar-refractivity contribution in [2.45, 2.75) is 22.3 Å². The van der Waals surface area contributed by atoms with Crippen LogP contribution in [0.1, 0.15) is 17.2 Å². The number of hydrogen-bond acceptors (Lipinski definition) is 5. The molecule has 1 atom stereocenters. The summed E-state index contributed by atoms with van der Waals surface area (Å²) < 4.78 is 27.2. The molecule has 1 unspecified atom stereocenters. The molecule has 28 heavy (non-hydrogen) atoms. The lowest BCUT2D eigenvalue weighted by Gasteiger charge is -2.35. The summed E-state index contributed by atoms with van der Waals surface area (Å²) in [5.41, 5.74) is 2.90. The average molecular weight is 441 g/mol. The highest BCUT2D eigenvalue weighted by atomic mass is 35.5. The van der Waals surface area contributed by atoms with Crippen LogP contribution >= 0.6 is 23.4 Å². The van der Waals surface area contributed by atoms with Crippen molar-refractivity contribution in [2.24, 2.45) is 0 Å². The first kappa shape index (κ1) is 21.6. The molecule has 152 valence electrons. The van der Waals surface area contributed by atoms with Crippen LogP contribution in [0.2, 0.25) is 5.02 Å². The molecule has 0 saturated carbocycles. The molecule has 0 aromatic heterocycles. The van der Waals surface area contributed by atoms with Gasteiger partial charge in [0.05, 0.1) is 23.2 Å². The second kappa shape index (κ2) is 9.15. The fourth-order valence-corrected chi connectivity index (χ4v) is 5.03. The zero-order chi connectivity index (χ0) is 20.3. The molecular weight excluding hydrogens is 416 g/mol. The van der Waals surface area contributed by atoms with E-state index in [1.165, 1.54) is 47.1 Å². The maximum Gasteiger partial charge on any atom is 0.118 e. The SMILES string of the molecule is CN1CC[NH+](C2Cc3ccccc3Sc3ccc(Cl)cc32)CC1.CS(=O)(=O)[O-]. The Morgan fingerprint density at radius 2 is 1.79 bits per heavy atom. The third-order valence-electron chi connectivity index (χ3n) is 5.09. The van der Waals surface area contributed by atoms with Gasteiger partial charge in [-0.3, -0.25) is 4.90 Å². The predicted octanol–water partition coefficient (Wildman–Crippen LogP) is 2.08. The van der Waals surface area contributed by atoms with Crippen LogP contribution in [-0.4, -0.2) is 57.4 Å². The van der Waals surface area contributed by atoms with E-state index in [1.54, 1.807) is 4.90 Å². The topological polar surface area (TPSA) is 64.9 Å². The molecule has 0 radical (unpaired) electrons. The van der Waals surface area contributed by atoms with Gasteiger partial charge in [0.1, 0.15) is 6.04 Å². The number of nitrogens with zero attached hydrogens (tertiary/aromatic N) is 1. The van der Waals surface area contributed by atoms with Gasteiger partial charge in [-0.05, 0) is 36.9 Å². The first-order valence-corrected chi connectivity index (χ1v) is 12.2. The molecule has 4 rings (SSSR count). The van der Waals surface area contributed by atoms with Gasteiger partial charge < -0.3 is 9.45 Å². The Kier molecular flexibility index (Phi) is 7.07. The number of hydrogen-bond donors (Lipinski definition) is 1. The Bertz CT molecular complexity index is 921. The molecule has 0 bridgehead atoms. The summed E-state index contributed by atoms with van der Waals surface area (Å²) in [5.74, 6) is 0. The van der Waals surface area contributed by atoms with Crippen LogP contribution in [0.3, 0.4) is 0 Å². The van der Waals surface area contributed by atoms with Crippen molar-refractivity contribution in [1.29, 1.82) is 0 Å². The van der Waals surface area contributed by atoms with Crippen molar-refractivity contribution in [1.82, 2.24) is 4.90 Å². The standard InChI is InChI=1S/C19H21ClN2S.CH4O3S/c1-21-8-10-22(11-9-21)17-12-14-4-2-3-5-18(14)23-19-7-6-15(20)13-16(17)19;1-5(2,3)4/h2-7,13,17H,8-12H2,1H3;1H3,(H,2,3,4). The normalized spacial score (nSPS) is 20.4. The lowest BCUT2D eigenvalue weighted by Crippen LogP contribution is -3.15. The van der Waals surface area contributed by atoms with Gasteiger partial charge >= 0.3 is 0 Å². The van der Waals surface area contributed by atoms with E-state index in [1.807, 2.05) is 17.8 Å². The molecule has 2 aliphatic rings. The van der Waals surface area contributed by atoms with Crippen LogP contribution in [0.15, 0.2) is 52.3 Å². The zero-order valence-electron chi connectivity index (χ0n) is 16.0. The van der Waals surface area contributed by atoms with Gasteiger partial charge in [-0.25, -0.2) is 8.42 Å². The zero-order valence-corrected chi connectivity index (χ0v) is 18.4. The number of fused-ring (bicyclic) bond motifs is 2. The predicted molar refractivity (Wildman–Crippen MR) is 112 cm³/mol. The monoisotopic (exact) mass is 440 g/mol. The first-order valence-electron chi connectivity index (χ1n) is 9.20. The molecule has 2 heterocycles. The number of nitrogens with one attached hydrogen (secondary N) is 1. The third kappa shape index (κ3) is 5.95. The summed E-state index contributed by atoms with van der Waals surface area (Å²) in [4.78, 5) is 6.90. The van der Waals surface area contributed by atoms with Crippen molar-refractivity contribution < 1.29 is 17.9 Å². The summed E-state index contributed by atoms with van der Waals surface area (Å²) in [6, 6.07) is 15.8. The first-order chi connectivity index (χ1) is 13.2. The highest BCUT2D eigenvalue weighted by Gasteiger charge is 2.32. The van der Waals surface area contributed by atoms with Gasteiger partial charge in [0.2, 0.25) is 0 Å². The molecule has 8 heteroatoms. The fourth-order valence-electron chi connectivity index (χ4n) is 3.72. The summed E-state index contributed by atoms with van der Waals surface area (Å²) in [7, 11) is -1.69. The van der Waals surface area contributed by atoms with Crippen LogP contribution in [-0.2, 0) is 16.5 Å². The maximum absolute atomic E-state index is 9.08. The number of rotatable bonds is 1. The molecule has 0 aliphatic carbocycles. The highest BCUT2D eigenvalue weighted by Crippen LogP contribution is 2.40. The number of quaternary nitrogens is 1. The Balaban J connectivity index is 0.000000403. The van der Waals surface area contributed by atoms with Crippen molar-refractivity contribution in [2.75, 3.05) is 39.5 Å². The second-order valence-corrected chi connectivity index (χ2v) is 10.2. The number of piperazine rings is 1. The van der Waals surface area contributed by atoms with Crippen molar-refractivity contribution >= 4 is 33.5 Å². The highest BCUT2D eigenvalue weighted by molar-refractivity contribution is 7.99. The second-order valence-electron chi connectivity index (χ2n) is 7.31. The molecule has 1 N–H and O–H groups in total. The van der Waals surface area contributed by atoms with E-state index in [9.17, 15) is 0 Å². The summed E-state index contributed by atoms with van der Waals surface area (Å²) in [5, 5.41) is 0.855. The summed E-state index contributed by atoms with van der Waals surface area (Å²) in [6.45, 7) is 4.77. The Morgan fingerprint density at radius 1 is 1.14 bits per heavy atom. The minimum Gasteiger partial charge on any atom is -0.748 e. The minimum absolute atomic E-state index is 0.508. The summed E-state index contributed by atoms with van der Waals surface area (Å²) in [6.07, 6.45) is 1.71. The molecule has 1 saturated heterocycles. The molecular formula is C20H25ClN2O3S2. The smallest absolute Gasteiger partial charge is 0.118 e. The maximum atomic E-state index is 9.08. The van der Waals surface area contributed by atoms with Crippen LogP contribution in [0.5, 0.6) is 0 Å². The quantitative estimate of drug-likeness (QED) is 0.688. The van der Waals surface area contributed by atoms with Crippen LogP contribution in [0.25, 0.3) is 0 Å². The number of benzene rings is 2. The van der Waals surface area contributed by atoms with Crippen molar-refractivity contribution in [3.8, 4) is 0 Å². The largest absolute Gasteiger partial charge is 0.748 e. The summed E-state index contributed by atoms with van der Waals surface area (Å²) >= 11 is 8.24. The van der Waals surface area contributed by atoms with E-state index in [2.05, 4.69) is 48.3 Å². The van der Waals surface area contributed by atoms with Crippen molar-refractivity contribution in [3.05, 3.63) is 58.6 Å². The lowest BCUT2D eigenvalue weighted by atomic mass is 9.96. The molecule has 1 fully saturated rings. The van der Waals surface area contributed by atoms with E-state index >= 15 is 0 Å². The van der Waals surface area contributed by atoms with E-state index in [-0.39, 0.29) is 0 Å².